The summed E-state index contributed by atoms with van der Waals surface area (Å²) in [4.78, 5) is 15.0. The molecule has 2 rings (SSSR count). The van der Waals surface area contributed by atoms with Gasteiger partial charge in [-0.15, -0.1) is 0 Å². The molecule has 0 spiro atoms. The lowest BCUT2D eigenvalue weighted by Gasteiger charge is -2.39. The highest BCUT2D eigenvalue weighted by atomic mass is 79.9. The van der Waals surface area contributed by atoms with Crippen LogP contribution in [0, 0.1) is 0 Å². The second-order valence-corrected chi connectivity index (χ2v) is 6.09. The molecule has 20 heavy (non-hydrogen) atoms. The highest BCUT2D eigenvalue weighted by Crippen LogP contribution is 2.37. The lowest BCUT2D eigenvalue weighted by molar-refractivity contribution is -0.141. The number of hydrogen-bond donors (Lipinski definition) is 0. The van der Waals surface area contributed by atoms with Crippen molar-refractivity contribution in [2.24, 2.45) is 0 Å². The van der Waals surface area contributed by atoms with Gasteiger partial charge in [0, 0.05) is 30.8 Å². The first-order valence-electron chi connectivity index (χ1n) is 7.27. The van der Waals surface area contributed by atoms with Crippen molar-refractivity contribution in [1.29, 1.82) is 0 Å². The van der Waals surface area contributed by atoms with Crippen LogP contribution >= 0.6 is 15.9 Å². The third-order valence-corrected chi connectivity index (χ3v) is 4.73. The molecule has 0 bridgehead atoms. The first-order chi connectivity index (χ1) is 9.64. The first kappa shape index (κ1) is 15.5. The summed E-state index contributed by atoms with van der Waals surface area (Å²) in [7, 11) is 0. The summed E-state index contributed by atoms with van der Waals surface area (Å²) >= 11 is 3.46. The molecule has 0 saturated carbocycles. The van der Waals surface area contributed by atoms with Gasteiger partial charge in [0.15, 0.2) is 0 Å². The smallest absolute Gasteiger partial charge is 0.233 e. The Hall–Kier alpha value is -0.870. The van der Waals surface area contributed by atoms with E-state index >= 15 is 0 Å². The van der Waals surface area contributed by atoms with Crippen LogP contribution in [0.3, 0.4) is 0 Å². The maximum Gasteiger partial charge on any atom is 0.233 e. The van der Waals surface area contributed by atoms with Gasteiger partial charge in [-0.3, -0.25) is 4.79 Å². The normalized spacial score (nSPS) is 17.8. The Morgan fingerprint density at radius 2 is 1.75 bits per heavy atom. The van der Waals surface area contributed by atoms with E-state index in [2.05, 4.69) is 28.1 Å². The molecule has 1 aromatic rings. The zero-order valence-electron chi connectivity index (χ0n) is 12.2. The molecule has 0 N–H and O–H groups in total. The van der Waals surface area contributed by atoms with Gasteiger partial charge in [-0.25, -0.2) is 0 Å². The van der Waals surface area contributed by atoms with Gasteiger partial charge in [0.1, 0.15) is 0 Å². The highest BCUT2D eigenvalue weighted by Gasteiger charge is 2.43. The molecule has 0 atom stereocenters. The molecule has 3 nitrogen and oxygen atoms in total. The lowest BCUT2D eigenvalue weighted by atomic mass is 9.73. The van der Waals surface area contributed by atoms with Crippen molar-refractivity contribution in [3.63, 3.8) is 0 Å². The molecule has 1 aliphatic heterocycles. The third-order valence-electron chi connectivity index (χ3n) is 4.20. The van der Waals surface area contributed by atoms with Gasteiger partial charge in [-0.05, 0) is 44.4 Å². The van der Waals surface area contributed by atoms with Crippen LogP contribution in [0.4, 0.5) is 0 Å². The quantitative estimate of drug-likeness (QED) is 0.841. The average Bonchev–Trinajstić information content (AvgIpc) is 2.49. The Bertz CT molecular complexity index is 448. The minimum Gasteiger partial charge on any atom is -0.381 e. The van der Waals surface area contributed by atoms with E-state index in [1.165, 1.54) is 0 Å². The molecular weight excluding hydrogens is 318 g/mol. The molecular formula is C16H22BrNO2. The van der Waals surface area contributed by atoms with E-state index in [1.807, 2.05) is 30.9 Å². The van der Waals surface area contributed by atoms with Gasteiger partial charge in [0.05, 0.1) is 5.41 Å². The molecule has 1 aromatic carbocycles. The number of rotatable bonds is 4. The van der Waals surface area contributed by atoms with Crippen LogP contribution < -0.4 is 0 Å². The summed E-state index contributed by atoms with van der Waals surface area (Å²) in [6, 6.07) is 8.16. The topological polar surface area (TPSA) is 29.5 Å². The average molecular weight is 340 g/mol. The molecule has 1 fully saturated rings. The van der Waals surface area contributed by atoms with Crippen molar-refractivity contribution in [2.45, 2.75) is 32.1 Å². The number of amides is 1. The fraction of sp³-hybridized carbons (Fsp3) is 0.562. The van der Waals surface area contributed by atoms with E-state index in [9.17, 15) is 4.79 Å². The molecule has 1 heterocycles. The summed E-state index contributed by atoms with van der Waals surface area (Å²) in [6.45, 7) is 6.90. The van der Waals surface area contributed by atoms with Gasteiger partial charge in [-0.2, -0.15) is 0 Å². The van der Waals surface area contributed by atoms with Crippen LogP contribution in [-0.2, 0) is 14.9 Å². The van der Waals surface area contributed by atoms with E-state index in [0.29, 0.717) is 13.2 Å². The van der Waals surface area contributed by atoms with E-state index in [1.54, 1.807) is 0 Å². The number of ether oxygens (including phenoxy) is 1. The van der Waals surface area contributed by atoms with Crippen molar-refractivity contribution in [3.05, 3.63) is 34.3 Å². The lowest BCUT2D eigenvalue weighted by Crippen LogP contribution is -2.49. The predicted octanol–water partition coefficient (Wildman–Crippen LogP) is 3.37. The van der Waals surface area contributed by atoms with Crippen molar-refractivity contribution in [1.82, 2.24) is 4.90 Å². The van der Waals surface area contributed by atoms with Crippen molar-refractivity contribution in [2.75, 3.05) is 26.3 Å². The van der Waals surface area contributed by atoms with Crippen LogP contribution in [0.2, 0.25) is 0 Å². The van der Waals surface area contributed by atoms with Crippen LogP contribution in [0.15, 0.2) is 28.7 Å². The maximum atomic E-state index is 13.0. The van der Waals surface area contributed by atoms with Crippen LogP contribution in [0.5, 0.6) is 0 Å². The fourth-order valence-corrected chi connectivity index (χ4v) is 3.19. The van der Waals surface area contributed by atoms with E-state index in [0.717, 1.165) is 36.0 Å². The Labute approximate surface area is 129 Å². The minimum absolute atomic E-state index is 0.244. The van der Waals surface area contributed by atoms with Crippen molar-refractivity contribution < 1.29 is 9.53 Å². The summed E-state index contributed by atoms with van der Waals surface area (Å²) in [5.41, 5.74) is 0.700. The monoisotopic (exact) mass is 339 g/mol. The second-order valence-electron chi connectivity index (χ2n) is 5.18. The van der Waals surface area contributed by atoms with Crippen molar-refractivity contribution >= 4 is 21.8 Å². The summed E-state index contributed by atoms with van der Waals surface area (Å²) in [5, 5.41) is 0. The molecule has 1 saturated heterocycles. The number of halogens is 1. The SMILES string of the molecule is CCN(CC)C(=O)C1(c2ccc(Br)cc2)CCOCC1. The Morgan fingerprint density at radius 3 is 2.25 bits per heavy atom. The Morgan fingerprint density at radius 1 is 1.20 bits per heavy atom. The van der Waals surface area contributed by atoms with Crippen LogP contribution in [0.1, 0.15) is 32.3 Å². The second kappa shape index (κ2) is 6.72. The van der Waals surface area contributed by atoms with Gasteiger partial charge in [0.2, 0.25) is 5.91 Å². The number of carbonyl (C=O) groups excluding carboxylic acids is 1. The maximum absolute atomic E-state index is 13.0. The van der Waals surface area contributed by atoms with Crippen molar-refractivity contribution in [3.8, 4) is 0 Å². The molecule has 1 amide bonds. The van der Waals surface area contributed by atoms with E-state index in [4.69, 9.17) is 4.74 Å². The molecule has 110 valence electrons. The number of nitrogens with zero attached hydrogens (tertiary/aromatic N) is 1. The van der Waals surface area contributed by atoms with E-state index < -0.39 is 5.41 Å². The minimum atomic E-state index is -0.412. The predicted molar refractivity (Wildman–Crippen MR) is 83.8 cm³/mol. The molecule has 0 aliphatic carbocycles. The first-order valence-corrected chi connectivity index (χ1v) is 8.06. The Balaban J connectivity index is 2.39. The van der Waals surface area contributed by atoms with E-state index in [-0.39, 0.29) is 5.91 Å². The van der Waals surface area contributed by atoms with Crippen LogP contribution in [0.25, 0.3) is 0 Å². The molecule has 0 aromatic heterocycles. The molecule has 0 unspecified atom stereocenters. The largest absolute Gasteiger partial charge is 0.381 e. The van der Waals surface area contributed by atoms with Crippen LogP contribution in [-0.4, -0.2) is 37.1 Å². The number of benzene rings is 1. The fourth-order valence-electron chi connectivity index (χ4n) is 2.93. The standard InChI is InChI=1S/C16H22BrNO2/c1-3-18(4-2)15(19)16(9-11-20-12-10-16)13-5-7-14(17)8-6-13/h5-8H,3-4,9-12H2,1-2H3. The van der Waals surface area contributed by atoms with Gasteiger partial charge in [0.25, 0.3) is 0 Å². The number of hydrogen-bond acceptors (Lipinski definition) is 2. The number of likely N-dealkylation sites (N-methyl/N-ethyl adjacent to an activating group) is 1. The zero-order chi connectivity index (χ0) is 14.6. The molecule has 4 heteroatoms. The molecule has 1 aliphatic rings. The summed E-state index contributed by atoms with van der Waals surface area (Å²) in [5.74, 6) is 0.244. The van der Waals surface area contributed by atoms with Gasteiger partial charge < -0.3 is 9.64 Å². The number of carbonyl (C=O) groups is 1. The highest BCUT2D eigenvalue weighted by molar-refractivity contribution is 9.10. The third kappa shape index (κ3) is 2.91. The Kier molecular flexibility index (Phi) is 5.22. The zero-order valence-corrected chi connectivity index (χ0v) is 13.8. The summed E-state index contributed by atoms with van der Waals surface area (Å²) < 4.78 is 6.53. The van der Waals surface area contributed by atoms with Gasteiger partial charge in [-0.1, -0.05) is 28.1 Å². The molecule has 0 radical (unpaired) electrons. The van der Waals surface area contributed by atoms with Gasteiger partial charge >= 0.3 is 0 Å². The summed E-state index contributed by atoms with van der Waals surface area (Å²) in [6.07, 6.45) is 1.54.